The molecule has 10 heteroatoms. The zero-order valence-electron chi connectivity index (χ0n) is 22.4. The van der Waals surface area contributed by atoms with Crippen molar-refractivity contribution in [3.63, 3.8) is 0 Å². The van der Waals surface area contributed by atoms with Gasteiger partial charge in [-0.2, -0.15) is 5.10 Å². The molecule has 0 aromatic carbocycles. The van der Waals surface area contributed by atoms with Crippen molar-refractivity contribution in [1.29, 1.82) is 0 Å². The molecule has 0 bridgehead atoms. The van der Waals surface area contributed by atoms with Gasteiger partial charge >= 0.3 is 0 Å². The molecule has 0 spiro atoms. The minimum Gasteiger partial charge on any atom is -0.358 e. The SMILES string of the molecule is C=C(Nc1cncc(-c2cnc3n[nH]c(-c4nc5c(N6CCCCC6)nccc5[nH]4)c3c2F)c1)C1CCCCC1. The Hall–Kier alpha value is -4.34. The molecule has 0 radical (unpaired) electrons. The van der Waals surface area contributed by atoms with Crippen molar-refractivity contribution in [3.05, 3.63) is 55.0 Å². The zero-order chi connectivity index (χ0) is 27.1. The minimum absolute atomic E-state index is 0.286. The molecule has 3 N–H and O–H groups in total. The number of nitrogens with zero attached hydrogens (tertiary/aromatic N) is 6. The van der Waals surface area contributed by atoms with Crippen LogP contribution in [0.5, 0.6) is 0 Å². The predicted octanol–water partition coefficient (Wildman–Crippen LogP) is 6.59. The number of H-pyrrole nitrogens is 2. The van der Waals surface area contributed by atoms with Gasteiger partial charge in [0.05, 0.1) is 22.8 Å². The van der Waals surface area contributed by atoms with Gasteiger partial charge in [-0.3, -0.25) is 10.1 Å². The average molecular weight is 538 g/mol. The van der Waals surface area contributed by atoms with Crippen molar-refractivity contribution < 1.29 is 4.39 Å². The Bertz CT molecular complexity index is 1690. The summed E-state index contributed by atoms with van der Waals surface area (Å²) >= 11 is 0. The summed E-state index contributed by atoms with van der Waals surface area (Å²) in [5.41, 5.74) is 5.12. The highest BCUT2D eigenvalue weighted by atomic mass is 19.1. The first-order valence-corrected chi connectivity index (χ1v) is 14.2. The van der Waals surface area contributed by atoms with Crippen LogP contribution in [0.3, 0.4) is 0 Å². The molecule has 204 valence electrons. The van der Waals surface area contributed by atoms with Crippen LogP contribution in [0.15, 0.2) is 49.2 Å². The molecule has 0 unspecified atom stereocenters. The molecule has 1 saturated heterocycles. The Balaban J connectivity index is 1.24. The van der Waals surface area contributed by atoms with E-state index in [0.717, 1.165) is 67.0 Å². The topological polar surface area (TPSA) is 111 Å². The predicted molar refractivity (Wildman–Crippen MR) is 155 cm³/mol. The van der Waals surface area contributed by atoms with Crippen LogP contribution in [0, 0.1) is 11.7 Å². The lowest BCUT2D eigenvalue weighted by Gasteiger charge is -2.27. The molecule has 2 fully saturated rings. The van der Waals surface area contributed by atoms with Crippen molar-refractivity contribution in [2.75, 3.05) is 23.3 Å². The Morgan fingerprint density at radius 1 is 1.02 bits per heavy atom. The smallest absolute Gasteiger partial charge is 0.184 e. The normalized spacial score (nSPS) is 16.6. The highest BCUT2D eigenvalue weighted by Gasteiger charge is 2.23. The van der Waals surface area contributed by atoms with Gasteiger partial charge in [0.15, 0.2) is 17.3 Å². The van der Waals surface area contributed by atoms with Crippen LogP contribution in [-0.2, 0) is 0 Å². The quantitative estimate of drug-likeness (QED) is 0.224. The number of imidazole rings is 1. The van der Waals surface area contributed by atoms with E-state index in [1.54, 1.807) is 18.6 Å². The lowest BCUT2D eigenvalue weighted by atomic mass is 9.87. The number of hydrogen-bond donors (Lipinski definition) is 3. The van der Waals surface area contributed by atoms with Gasteiger partial charge in [0.1, 0.15) is 17.0 Å². The summed E-state index contributed by atoms with van der Waals surface area (Å²) < 4.78 is 16.2. The fraction of sp³-hybridized carbons (Fsp3) is 0.367. The molecule has 6 heterocycles. The number of halogens is 1. The van der Waals surface area contributed by atoms with E-state index in [1.165, 1.54) is 31.9 Å². The summed E-state index contributed by atoms with van der Waals surface area (Å²) in [6.45, 7) is 6.19. The Labute approximate surface area is 231 Å². The van der Waals surface area contributed by atoms with Crippen LogP contribution in [-0.4, -0.2) is 48.2 Å². The molecule has 1 aliphatic heterocycles. The summed E-state index contributed by atoms with van der Waals surface area (Å²) in [4.78, 5) is 23.9. The summed E-state index contributed by atoms with van der Waals surface area (Å²) in [5, 5.41) is 10.9. The van der Waals surface area contributed by atoms with Crippen LogP contribution < -0.4 is 10.2 Å². The second kappa shape index (κ2) is 10.3. The Kier molecular flexibility index (Phi) is 6.37. The standard InChI is InChI=1S/C30H32FN9/c1-18(19-8-4-2-5-9-19)35-21-14-20(15-32-16-21)22-17-34-28-24(25(22)31)27(38-39-28)29-36-23-10-11-33-30(26(23)37-29)40-12-6-3-7-13-40/h10-11,14-17,19,35H,1-9,12-13H2,(H,36,37)(H,34,38,39). The fourth-order valence-corrected chi connectivity index (χ4v) is 6.09. The number of allylic oxidation sites excluding steroid dienone is 1. The van der Waals surface area contributed by atoms with Gasteiger partial charge in [0.25, 0.3) is 0 Å². The van der Waals surface area contributed by atoms with Crippen molar-refractivity contribution in [1.82, 2.24) is 35.1 Å². The van der Waals surface area contributed by atoms with Crippen LogP contribution in [0.4, 0.5) is 15.9 Å². The van der Waals surface area contributed by atoms with E-state index in [1.807, 2.05) is 12.1 Å². The van der Waals surface area contributed by atoms with Gasteiger partial charge in [-0.25, -0.2) is 19.3 Å². The number of fused-ring (bicyclic) bond motifs is 2. The van der Waals surface area contributed by atoms with Crippen LogP contribution >= 0.6 is 0 Å². The van der Waals surface area contributed by atoms with Crippen molar-refractivity contribution >= 4 is 33.6 Å². The molecule has 40 heavy (non-hydrogen) atoms. The number of piperidine rings is 1. The number of nitrogens with one attached hydrogen (secondary N) is 3. The Morgan fingerprint density at radius 3 is 2.70 bits per heavy atom. The maximum atomic E-state index is 16.2. The molecule has 5 aromatic heterocycles. The zero-order valence-corrected chi connectivity index (χ0v) is 22.4. The minimum atomic E-state index is -0.423. The molecule has 7 rings (SSSR count). The second-order valence-corrected chi connectivity index (χ2v) is 10.9. The molecule has 0 amide bonds. The lowest BCUT2D eigenvalue weighted by molar-refractivity contribution is 0.405. The van der Waals surface area contributed by atoms with Gasteiger partial charge in [-0.05, 0) is 50.2 Å². The van der Waals surface area contributed by atoms with Gasteiger partial charge in [-0.1, -0.05) is 25.8 Å². The van der Waals surface area contributed by atoms with E-state index >= 15 is 4.39 Å². The number of aromatic amines is 2. The van der Waals surface area contributed by atoms with Gasteiger partial charge < -0.3 is 15.2 Å². The van der Waals surface area contributed by atoms with Crippen LogP contribution in [0.1, 0.15) is 51.4 Å². The number of anilines is 2. The monoisotopic (exact) mass is 537 g/mol. The third-order valence-corrected chi connectivity index (χ3v) is 8.25. The van der Waals surface area contributed by atoms with E-state index in [9.17, 15) is 0 Å². The van der Waals surface area contributed by atoms with Crippen molar-refractivity contribution in [2.45, 2.75) is 51.4 Å². The number of rotatable bonds is 6. The van der Waals surface area contributed by atoms with Crippen molar-refractivity contribution in [2.24, 2.45) is 5.92 Å². The lowest BCUT2D eigenvalue weighted by Crippen LogP contribution is -2.30. The Morgan fingerprint density at radius 2 is 1.85 bits per heavy atom. The number of hydrogen-bond acceptors (Lipinski definition) is 7. The summed E-state index contributed by atoms with van der Waals surface area (Å²) in [7, 11) is 0. The second-order valence-electron chi connectivity index (χ2n) is 10.9. The fourth-order valence-electron chi connectivity index (χ4n) is 6.09. The van der Waals surface area contributed by atoms with Crippen molar-refractivity contribution in [3.8, 4) is 22.6 Å². The third kappa shape index (κ3) is 4.47. The highest BCUT2D eigenvalue weighted by molar-refractivity contribution is 5.96. The molecule has 9 nitrogen and oxygen atoms in total. The van der Waals surface area contributed by atoms with E-state index in [0.29, 0.717) is 34.2 Å². The highest BCUT2D eigenvalue weighted by Crippen LogP contribution is 2.35. The number of pyridine rings is 3. The molecule has 5 aromatic rings. The maximum Gasteiger partial charge on any atom is 0.184 e. The first kappa shape index (κ1) is 24.7. The first-order chi connectivity index (χ1) is 19.7. The first-order valence-electron chi connectivity index (χ1n) is 14.2. The van der Waals surface area contributed by atoms with E-state index in [2.05, 4.69) is 46.9 Å². The van der Waals surface area contributed by atoms with Gasteiger partial charge in [0.2, 0.25) is 0 Å². The molecular weight excluding hydrogens is 505 g/mol. The largest absolute Gasteiger partial charge is 0.358 e. The van der Waals surface area contributed by atoms with E-state index < -0.39 is 5.82 Å². The van der Waals surface area contributed by atoms with Gasteiger partial charge in [-0.15, -0.1) is 0 Å². The molecule has 0 atom stereocenters. The molecule has 1 aliphatic carbocycles. The molecular formula is C30H32FN9. The maximum absolute atomic E-state index is 16.2. The molecule has 2 aliphatic rings. The van der Waals surface area contributed by atoms with E-state index in [-0.39, 0.29) is 5.39 Å². The average Bonchev–Trinajstić information content (AvgIpc) is 3.63. The molecule has 1 saturated carbocycles. The summed E-state index contributed by atoms with van der Waals surface area (Å²) in [6, 6.07) is 3.79. The third-order valence-electron chi connectivity index (χ3n) is 8.25. The summed E-state index contributed by atoms with van der Waals surface area (Å²) in [6.07, 6.45) is 16.2. The number of aromatic nitrogens is 7. The van der Waals surface area contributed by atoms with Crippen LogP contribution in [0.2, 0.25) is 0 Å². The summed E-state index contributed by atoms with van der Waals surface area (Å²) in [5.74, 6) is 1.38. The van der Waals surface area contributed by atoms with Crippen LogP contribution in [0.25, 0.3) is 44.7 Å². The van der Waals surface area contributed by atoms with E-state index in [4.69, 9.17) is 4.98 Å². The van der Waals surface area contributed by atoms with Gasteiger partial charge in [0, 0.05) is 48.5 Å².